The molecule has 2 aliphatic heterocycles. The van der Waals surface area contributed by atoms with Crippen LogP contribution in [-0.4, -0.2) is 48.1 Å². The second-order valence-corrected chi connectivity index (χ2v) is 8.18. The average Bonchev–Trinajstić information content (AvgIpc) is 3.48. The zero-order valence-corrected chi connectivity index (χ0v) is 19.3. The predicted molar refractivity (Wildman–Crippen MR) is 122 cm³/mol. The van der Waals surface area contributed by atoms with Crippen LogP contribution in [0.4, 0.5) is 5.69 Å². The lowest BCUT2D eigenvalue weighted by molar-refractivity contribution is -0.123. The lowest BCUT2D eigenvalue weighted by atomic mass is 10.1. The fourth-order valence-electron chi connectivity index (χ4n) is 4.12. The third-order valence-corrected chi connectivity index (χ3v) is 6.00. The molecule has 1 aromatic heterocycles. The second kappa shape index (κ2) is 8.45. The van der Waals surface area contributed by atoms with Crippen molar-refractivity contribution < 1.29 is 23.5 Å². The number of ether oxygens (including phenoxy) is 2. The van der Waals surface area contributed by atoms with Crippen molar-refractivity contribution in [2.45, 2.75) is 25.6 Å². The molecule has 0 N–H and O–H groups in total. The topological polar surface area (TPSA) is 110 Å². The van der Waals surface area contributed by atoms with Crippen LogP contribution in [0.1, 0.15) is 11.5 Å². The average molecular weight is 482 g/mol. The van der Waals surface area contributed by atoms with Crippen molar-refractivity contribution >= 4 is 29.1 Å². The van der Waals surface area contributed by atoms with Gasteiger partial charge in [-0.2, -0.15) is 5.11 Å². The normalized spacial score (nSPS) is 19.2. The Balaban J connectivity index is 1.42. The van der Waals surface area contributed by atoms with Crippen molar-refractivity contribution in [1.82, 2.24) is 9.99 Å². The Hall–Kier alpha value is -3.92. The van der Waals surface area contributed by atoms with Crippen LogP contribution in [0.25, 0.3) is 11.5 Å². The van der Waals surface area contributed by atoms with E-state index in [0.29, 0.717) is 45.1 Å². The highest BCUT2D eigenvalue weighted by molar-refractivity contribution is 6.31. The summed E-state index contributed by atoms with van der Waals surface area (Å²) in [7, 11) is 3.09. The van der Waals surface area contributed by atoms with Crippen molar-refractivity contribution in [3.8, 4) is 23.0 Å². The molecule has 0 bridgehead atoms. The number of carbonyl (C=O) groups excluding carboxylic acids is 2. The molecule has 3 heterocycles. The van der Waals surface area contributed by atoms with Gasteiger partial charge in [-0.3, -0.25) is 14.6 Å². The largest absolute Gasteiger partial charge is 0.493 e. The summed E-state index contributed by atoms with van der Waals surface area (Å²) in [6, 6.07) is 10.2. The van der Waals surface area contributed by atoms with E-state index in [9.17, 15) is 9.59 Å². The fraction of sp³-hybridized carbons (Fsp3) is 0.261. The molecule has 0 unspecified atom stereocenters. The lowest BCUT2D eigenvalue weighted by Crippen LogP contribution is -2.39. The van der Waals surface area contributed by atoms with E-state index in [-0.39, 0.29) is 6.54 Å². The number of benzene rings is 2. The molecular formula is C23H20ClN5O5. The van der Waals surface area contributed by atoms with E-state index in [0.717, 1.165) is 4.90 Å². The van der Waals surface area contributed by atoms with Crippen LogP contribution in [-0.2, 0) is 16.1 Å². The van der Waals surface area contributed by atoms with Crippen molar-refractivity contribution in [1.29, 1.82) is 0 Å². The van der Waals surface area contributed by atoms with E-state index in [1.165, 1.54) is 12.1 Å². The highest BCUT2D eigenvalue weighted by atomic mass is 35.5. The molecule has 11 heteroatoms. The van der Waals surface area contributed by atoms with Crippen LogP contribution in [0.2, 0.25) is 5.02 Å². The number of hydrogen-bond donors (Lipinski definition) is 0. The molecule has 2 aromatic carbocycles. The third kappa shape index (κ3) is 3.47. The fourth-order valence-corrected chi connectivity index (χ4v) is 4.31. The second-order valence-electron chi connectivity index (χ2n) is 7.75. The first-order valence-corrected chi connectivity index (χ1v) is 10.8. The zero-order valence-electron chi connectivity index (χ0n) is 18.6. The first-order valence-electron chi connectivity index (χ1n) is 10.4. The van der Waals surface area contributed by atoms with Gasteiger partial charge in [0.2, 0.25) is 5.89 Å². The maximum Gasteiger partial charge on any atom is 0.263 e. The molecule has 2 amide bonds. The van der Waals surface area contributed by atoms with Crippen LogP contribution >= 0.6 is 11.6 Å². The summed E-state index contributed by atoms with van der Waals surface area (Å²) in [6.07, 6.45) is 0. The van der Waals surface area contributed by atoms with E-state index in [2.05, 4.69) is 15.3 Å². The van der Waals surface area contributed by atoms with E-state index in [4.69, 9.17) is 25.5 Å². The Morgan fingerprint density at radius 3 is 2.62 bits per heavy atom. The monoisotopic (exact) mass is 481 g/mol. The van der Waals surface area contributed by atoms with E-state index < -0.39 is 23.9 Å². The Kier molecular flexibility index (Phi) is 5.45. The number of fused-ring (bicyclic) bond motifs is 1. The zero-order chi connectivity index (χ0) is 24.0. The van der Waals surface area contributed by atoms with Gasteiger partial charge in [-0.25, -0.2) is 9.88 Å². The van der Waals surface area contributed by atoms with Gasteiger partial charge in [0.05, 0.1) is 32.0 Å². The number of para-hydroxylation sites is 1. The Morgan fingerprint density at radius 2 is 1.88 bits per heavy atom. The maximum atomic E-state index is 13.2. The smallest absolute Gasteiger partial charge is 0.263 e. The maximum absolute atomic E-state index is 13.2. The van der Waals surface area contributed by atoms with Gasteiger partial charge in [0, 0.05) is 5.02 Å². The summed E-state index contributed by atoms with van der Waals surface area (Å²) in [5.74, 6) is 1.06. The molecule has 0 saturated carbocycles. The lowest BCUT2D eigenvalue weighted by Gasteiger charge is -2.20. The van der Waals surface area contributed by atoms with Gasteiger partial charge in [0.25, 0.3) is 11.8 Å². The van der Waals surface area contributed by atoms with E-state index >= 15 is 0 Å². The summed E-state index contributed by atoms with van der Waals surface area (Å²) in [4.78, 5) is 31.8. The molecule has 34 heavy (non-hydrogen) atoms. The number of halogens is 1. The summed E-state index contributed by atoms with van der Waals surface area (Å²) >= 11 is 6.05. The van der Waals surface area contributed by atoms with Gasteiger partial charge < -0.3 is 13.9 Å². The van der Waals surface area contributed by atoms with Crippen LogP contribution in [0.5, 0.6) is 11.5 Å². The van der Waals surface area contributed by atoms with Crippen molar-refractivity contribution in [3.05, 3.63) is 58.9 Å². The Bertz CT molecular complexity index is 1320. The summed E-state index contributed by atoms with van der Waals surface area (Å²) in [5, 5.41) is 10.0. The van der Waals surface area contributed by atoms with Gasteiger partial charge in [-0.05, 0) is 37.3 Å². The number of amides is 2. The van der Waals surface area contributed by atoms with E-state index in [1.807, 2.05) is 12.1 Å². The number of imide groups is 1. The number of nitrogens with zero attached hydrogens (tertiary/aromatic N) is 5. The molecular weight excluding hydrogens is 462 g/mol. The minimum absolute atomic E-state index is 0.134. The van der Waals surface area contributed by atoms with Crippen LogP contribution in [0, 0.1) is 6.92 Å². The number of oxazole rings is 1. The number of aryl methyl sites for hydroxylation is 1. The van der Waals surface area contributed by atoms with Crippen molar-refractivity contribution in [3.63, 3.8) is 0 Å². The number of aromatic nitrogens is 1. The van der Waals surface area contributed by atoms with Gasteiger partial charge in [-0.1, -0.05) is 29.0 Å². The molecule has 0 spiro atoms. The molecule has 0 aliphatic carbocycles. The number of carbonyl (C=O) groups is 2. The van der Waals surface area contributed by atoms with Gasteiger partial charge in [0.15, 0.2) is 23.6 Å². The minimum Gasteiger partial charge on any atom is -0.493 e. The summed E-state index contributed by atoms with van der Waals surface area (Å²) in [5.41, 5.74) is 1.58. The quantitative estimate of drug-likeness (QED) is 0.492. The molecule has 2 aliphatic rings. The molecule has 2 atom stereocenters. The molecule has 0 radical (unpaired) electrons. The van der Waals surface area contributed by atoms with E-state index in [1.54, 1.807) is 44.4 Å². The number of anilines is 1. The number of methoxy groups -OCH3 is 2. The van der Waals surface area contributed by atoms with Gasteiger partial charge in [0.1, 0.15) is 11.5 Å². The SMILES string of the molecule is COc1cccc(-c2nc(CN3N=N[C@H]4C(=O)N(c5cccc(Cl)c5)C(=O)[C@@H]43)c(C)o2)c1OC. The molecule has 10 nitrogen and oxygen atoms in total. The number of hydrogen-bond acceptors (Lipinski definition) is 9. The molecule has 3 aromatic rings. The van der Waals surface area contributed by atoms with Crippen LogP contribution in [0.3, 0.4) is 0 Å². The highest BCUT2D eigenvalue weighted by Crippen LogP contribution is 2.39. The summed E-state index contributed by atoms with van der Waals surface area (Å²) in [6.45, 7) is 1.90. The Labute approximate surface area is 199 Å². The first-order chi connectivity index (χ1) is 16.4. The highest BCUT2D eigenvalue weighted by Gasteiger charge is 2.55. The molecule has 1 saturated heterocycles. The minimum atomic E-state index is -0.920. The van der Waals surface area contributed by atoms with Crippen molar-refractivity contribution in [2.24, 2.45) is 10.3 Å². The first kappa shape index (κ1) is 21.9. The molecule has 1 fully saturated rings. The molecule has 174 valence electrons. The van der Waals surface area contributed by atoms with Crippen LogP contribution in [0.15, 0.2) is 57.2 Å². The van der Waals surface area contributed by atoms with Crippen molar-refractivity contribution in [2.75, 3.05) is 19.1 Å². The summed E-state index contributed by atoms with van der Waals surface area (Å²) < 4.78 is 16.7. The standard InChI is InChI=1S/C23H20ClN5O5/c1-12-16(25-21(34-12)15-8-5-9-17(32-2)20(15)33-3)11-28-19-18(26-27-28)22(30)29(23(19)31)14-7-4-6-13(24)10-14/h4-10,18-19H,11H2,1-3H3/t18-,19-/m1/s1. The molecule has 5 rings (SSSR count). The predicted octanol–water partition coefficient (Wildman–Crippen LogP) is 3.81. The third-order valence-electron chi connectivity index (χ3n) is 5.76. The van der Waals surface area contributed by atoms with Gasteiger partial charge >= 0.3 is 0 Å². The Morgan fingerprint density at radius 1 is 1.09 bits per heavy atom. The van der Waals surface area contributed by atoms with Gasteiger partial charge in [-0.15, -0.1) is 0 Å². The van der Waals surface area contributed by atoms with Crippen LogP contribution < -0.4 is 14.4 Å². The number of rotatable bonds is 6.